The van der Waals surface area contributed by atoms with E-state index in [0.29, 0.717) is 5.92 Å². The molecular weight excluding hydrogens is 238 g/mol. The molecule has 0 radical (unpaired) electrons. The Hall–Kier alpha value is -1.75. The van der Waals surface area contributed by atoms with Gasteiger partial charge in [0.1, 0.15) is 0 Å². The molecule has 1 unspecified atom stereocenters. The van der Waals surface area contributed by atoms with E-state index in [1.807, 2.05) is 25.6 Å². The Morgan fingerprint density at radius 1 is 1.26 bits per heavy atom. The van der Waals surface area contributed by atoms with Crippen molar-refractivity contribution in [3.63, 3.8) is 0 Å². The Morgan fingerprint density at radius 2 is 2.16 bits per heavy atom. The minimum absolute atomic E-state index is 0.712. The van der Waals surface area contributed by atoms with E-state index in [1.54, 1.807) is 10.9 Å². The molecule has 0 amide bonds. The minimum Gasteiger partial charge on any atom is -0.306 e. The predicted octanol–water partition coefficient (Wildman–Crippen LogP) is 1.37. The highest BCUT2D eigenvalue weighted by atomic mass is 15.2. The third-order valence-electron chi connectivity index (χ3n) is 3.67. The highest BCUT2D eigenvalue weighted by Crippen LogP contribution is 2.20. The second-order valence-corrected chi connectivity index (χ2v) is 5.42. The van der Waals surface area contributed by atoms with Gasteiger partial charge in [0.05, 0.1) is 23.8 Å². The molecule has 5 nitrogen and oxygen atoms in total. The number of likely N-dealkylation sites (tertiary alicyclic amines) is 1. The Kier molecular flexibility index (Phi) is 3.29. The zero-order chi connectivity index (χ0) is 13.2. The van der Waals surface area contributed by atoms with Crippen molar-refractivity contribution in [3.8, 4) is 11.3 Å². The molecule has 2 aromatic rings. The van der Waals surface area contributed by atoms with Crippen LogP contribution in [-0.4, -0.2) is 44.8 Å². The lowest BCUT2D eigenvalue weighted by Crippen LogP contribution is -2.15. The molecule has 1 atom stereocenters. The fraction of sp³-hybridized carbons (Fsp3) is 0.500. The van der Waals surface area contributed by atoms with Crippen LogP contribution in [0.1, 0.15) is 12.1 Å². The van der Waals surface area contributed by atoms with Crippen LogP contribution in [0, 0.1) is 5.92 Å². The third-order valence-corrected chi connectivity index (χ3v) is 3.67. The highest BCUT2D eigenvalue weighted by molar-refractivity contribution is 5.55. The Morgan fingerprint density at radius 3 is 2.84 bits per heavy atom. The maximum Gasteiger partial charge on any atom is 0.0920 e. The first kappa shape index (κ1) is 12.3. The van der Waals surface area contributed by atoms with E-state index in [2.05, 4.69) is 22.0 Å². The van der Waals surface area contributed by atoms with Gasteiger partial charge in [-0.15, -0.1) is 0 Å². The summed E-state index contributed by atoms with van der Waals surface area (Å²) in [5.41, 5.74) is 3.03. The van der Waals surface area contributed by atoms with Crippen LogP contribution in [0.15, 0.2) is 24.8 Å². The highest BCUT2D eigenvalue weighted by Gasteiger charge is 2.20. The number of aryl methyl sites for hydroxylation is 1. The number of hydrogen-bond donors (Lipinski definition) is 0. The van der Waals surface area contributed by atoms with Gasteiger partial charge in [-0.2, -0.15) is 5.10 Å². The quantitative estimate of drug-likeness (QED) is 0.833. The summed E-state index contributed by atoms with van der Waals surface area (Å²) in [6, 6.07) is 0. The summed E-state index contributed by atoms with van der Waals surface area (Å²) in [4.78, 5) is 11.4. The molecule has 19 heavy (non-hydrogen) atoms. The Bertz CT molecular complexity index is 562. The van der Waals surface area contributed by atoms with Gasteiger partial charge in [0.25, 0.3) is 0 Å². The molecule has 0 spiro atoms. The van der Waals surface area contributed by atoms with Crippen LogP contribution in [-0.2, 0) is 13.5 Å². The maximum atomic E-state index is 4.71. The van der Waals surface area contributed by atoms with Gasteiger partial charge in [-0.05, 0) is 32.4 Å². The molecule has 100 valence electrons. The van der Waals surface area contributed by atoms with Crippen molar-refractivity contribution >= 4 is 0 Å². The average molecular weight is 257 g/mol. The van der Waals surface area contributed by atoms with Gasteiger partial charge in [0, 0.05) is 31.5 Å². The average Bonchev–Trinajstić information content (AvgIpc) is 2.99. The molecule has 0 bridgehead atoms. The topological polar surface area (TPSA) is 46.8 Å². The summed E-state index contributed by atoms with van der Waals surface area (Å²) in [5, 5.41) is 4.18. The number of hydrogen-bond acceptors (Lipinski definition) is 4. The van der Waals surface area contributed by atoms with Crippen molar-refractivity contribution in [1.29, 1.82) is 0 Å². The first-order valence-electron chi connectivity index (χ1n) is 6.69. The van der Waals surface area contributed by atoms with Crippen LogP contribution in [0.2, 0.25) is 0 Å². The zero-order valence-corrected chi connectivity index (χ0v) is 11.5. The molecule has 1 saturated heterocycles. The van der Waals surface area contributed by atoms with E-state index >= 15 is 0 Å². The van der Waals surface area contributed by atoms with Crippen molar-refractivity contribution in [2.75, 3.05) is 20.1 Å². The van der Waals surface area contributed by atoms with Gasteiger partial charge >= 0.3 is 0 Å². The fourth-order valence-corrected chi connectivity index (χ4v) is 2.69. The number of rotatable bonds is 3. The van der Waals surface area contributed by atoms with Gasteiger partial charge in [-0.3, -0.25) is 9.67 Å². The van der Waals surface area contributed by atoms with Crippen LogP contribution in [0.25, 0.3) is 11.3 Å². The lowest BCUT2D eigenvalue weighted by molar-refractivity contribution is 0.393. The van der Waals surface area contributed by atoms with Gasteiger partial charge < -0.3 is 4.90 Å². The summed E-state index contributed by atoms with van der Waals surface area (Å²) in [6.07, 6.45) is 9.77. The van der Waals surface area contributed by atoms with E-state index in [4.69, 9.17) is 4.98 Å². The van der Waals surface area contributed by atoms with E-state index in [0.717, 1.165) is 23.4 Å². The SMILES string of the molecule is CN1CCC(Cc2cncc(-c3cnn(C)c3)n2)C1. The number of nitrogens with zero attached hydrogens (tertiary/aromatic N) is 5. The monoisotopic (exact) mass is 257 g/mol. The van der Waals surface area contributed by atoms with E-state index in [9.17, 15) is 0 Å². The molecule has 0 saturated carbocycles. The van der Waals surface area contributed by atoms with E-state index in [-0.39, 0.29) is 0 Å². The summed E-state index contributed by atoms with van der Waals surface area (Å²) in [6.45, 7) is 2.36. The Balaban J connectivity index is 1.76. The van der Waals surface area contributed by atoms with Crippen molar-refractivity contribution in [2.24, 2.45) is 13.0 Å². The molecule has 0 aromatic carbocycles. The first-order chi connectivity index (χ1) is 9.20. The molecule has 3 heterocycles. The molecule has 2 aromatic heterocycles. The predicted molar refractivity (Wildman–Crippen MR) is 73.5 cm³/mol. The van der Waals surface area contributed by atoms with Crippen LogP contribution in [0.3, 0.4) is 0 Å². The molecule has 1 aliphatic heterocycles. The molecule has 0 N–H and O–H groups in total. The van der Waals surface area contributed by atoms with Crippen LogP contribution in [0.5, 0.6) is 0 Å². The molecule has 1 fully saturated rings. The Labute approximate surface area is 113 Å². The lowest BCUT2D eigenvalue weighted by atomic mass is 10.0. The van der Waals surface area contributed by atoms with Gasteiger partial charge in [-0.25, -0.2) is 4.98 Å². The summed E-state index contributed by atoms with van der Waals surface area (Å²) in [7, 11) is 4.09. The second kappa shape index (κ2) is 5.09. The molecule has 1 aliphatic rings. The molecular formula is C14H19N5. The summed E-state index contributed by atoms with van der Waals surface area (Å²) >= 11 is 0. The zero-order valence-electron chi connectivity index (χ0n) is 11.5. The largest absolute Gasteiger partial charge is 0.306 e. The van der Waals surface area contributed by atoms with E-state index in [1.165, 1.54) is 19.5 Å². The molecule has 0 aliphatic carbocycles. The minimum atomic E-state index is 0.712. The first-order valence-corrected chi connectivity index (χ1v) is 6.69. The molecule has 5 heteroatoms. The van der Waals surface area contributed by atoms with Crippen LogP contribution >= 0.6 is 0 Å². The lowest BCUT2D eigenvalue weighted by Gasteiger charge is -2.10. The third kappa shape index (κ3) is 2.81. The summed E-state index contributed by atoms with van der Waals surface area (Å²) in [5.74, 6) is 0.712. The van der Waals surface area contributed by atoms with Crippen LogP contribution < -0.4 is 0 Å². The van der Waals surface area contributed by atoms with Crippen molar-refractivity contribution < 1.29 is 0 Å². The smallest absolute Gasteiger partial charge is 0.0920 e. The van der Waals surface area contributed by atoms with Crippen molar-refractivity contribution in [1.82, 2.24) is 24.6 Å². The standard InChI is InChI=1S/C14H19N5/c1-18-4-3-11(9-18)5-13-7-15-8-14(17-13)12-6-16-19(2)10-12/h6-8,10-11H,3-5,9H2,1-2H3. The summed E-state index contributed by atoms with van der Waals surface area (Å²) < 4.78 is 1.79. The van der Waals surface area contributed by atoms with Crippen LogP contribution in [0.4, 0.5) is 0 Å². The molecule has 3 rings (SSSR count). The fourth-order valence-electron chi connectivity index (χ4n) is 2.69. The number of aromatic nitrogens is 4. The second-order valence-electron chi connectivity index (χ2n) is 5.42. The van der Waals surface area contributed by atoms with E-state index < -0.39 is 0 Å². The normalized spacial score (nSPS) is 20.0. The van der Waals surface area contributed by atoms with Crippen molar-refractivity contribution in [2.45, 2.75) is 12.8 Å². The van der Waals surface area contributed by atoms with Crippen molar-refractivity contribution in [3.05, 3.63) is 30.5 Å². The maximum absolute atomic E-state index is 4.71. The van der Waals surface area contributed by atoms with Gasteiger partial charge in [0.2, 0.25) is 0 Å². The van der Waals surface area contributed by atoms with Gasteiger partial charge in [-0.1, -0.05) is 0 Å². The van der Waals surface area contributed by atoms with Gasteiger partial charge in [0.15, 0.2) is 0 Å².